The monoisotopic (exact) mass is 435 g/mol. The molecule has 0 saturated heterocycles. The Morgan fingerprint density at radius 3 is 2.89 bits per heavy atom. The molecule has 0 spiro atoms. The molecule has 28 heavy (non-hydrogen) atoms. The molecule has 0 fully saturated rings. The van der Waals surface area contributed by atoms with Crippen LogP contribution >= 0.6 is 34.5 Å². The number of halogens is 2. The molecule has 3 aromatic rings. The molecule has 1 atom stereocenters. The maximum atomic E-state index is 13.2. The third-order valence-corrected chi connectivity index (χ3v) is 7.00. The topological polar surface area (TPSA) is 64.0 Å². The lowest BCUT2D eigenvalue weighted by molar-refractivity contribution is -0.116. The SMILES string of the molecule is Cc1nc2sc3c(c2c(=O)n1CC(=O)Nc1ccc(Cl)c(Cl)c1)CCC(C)C3. The van der Waals surface area contributed by atoms with Gasteiger partial charge < -0.3 is 5.32 Å². The highest BCUT2D eigenvalue weighted by Gasteiger charge is 2.24. The Labute approximate surface area is 176 Å². The molecule has 0 bridgehead atoms. The first kappa shape index (κ1) is 19.4. The highest BCUT2D eigenvalue weighted by molar-refractivity contribution is 7.18. The summed E-state index contributed by atoms with van der Waals surface area (Å²) in [6, 6.07) is 4.86. The highest BCUT2D eigenvalue weighted by atomic mass is 35.5. The van der Waals surface area contributed by atoms with E-state index in [1.807, 2.05) is 0 Å². The van der Waals surface area contributed by atoms with Gasteiger partial charge in [-0.1, -0.05) is 30.1 Å². The number of fused-ring (bicyclic) bond motifs is 3. The zero-order chi connectivity index (χ0) is 20.0. The predicted octanol–water partition coefficient (Wildman–Crippen LogP) is 4.84. The van der Waals surface area contributed by atoms with Crippen LogP contribution in [0, 0.1) is 12.8 Å². The van der Waals surface area contributed by atoms with Gasteiger partial charge in [-0.3, -0.25) is 14.2 Å². The largest absolute Gasteiger partial charge is 0.324 e. The van der Waals surface area contributed by atoms with Crippen molar-refractivity contribution in [2.24, 2.45) is 5.92 Å². The fourth-order valence-electron chi connectivity index (χ4n) is 3.63. The van der Waals surface area contributed by atoms with Gasteiger partial charge in [-0.25, -0.2) is 4.98 Å². The van der Waals surface area contributed by atoms with Crippen molar-refractivity contribution in [1.29, 1.82) is 0 Å². The fourth-order valence-corrected chi connectivity index (χ4v) is 5.35. The van der Waals surface area contributed by atoms with Gasteiger partial charge in [0.2, 0.25) is 5.91 Å². The number of aryl methyl sites for hydroxylation is 2. The van der Waals surface area contributed by atoms with Gasteiger partial charge in [0, 0.05) is 10.6 Å². The van der Waals surface area contributed by atoms with E-state index in [4.69, 9.17) is 23.2 Å². The number of anilines is 1. The summed E-state index contributed by atoms with van der Waals surface area (Å²) in [6.07, 6.45) is 2.96. The Morgan fingerprint density at radius 2 is 2.14 bits per heavy atom. The summed E-state index contributed by atoms with van der Waals surface area (Å²) in [7, 11) is 0. The van der Waals surface area contributed by atoms with Crippen molar-refractivity contribution in [3.8, 4) is 0 Å². The Hall–Kier alpha value is -1.89. The van der Waals surface area contributed by atoms with Gasteiger partial charge in [0.1, 0.15) is 17.2 Å². The van der Waals surface area contributed by atoms with E-state index < -0.39 is 0 Å². The zero-order valence-electron chi connectivity index (χ0n) is 15.5. The summed E-state index contributed by atoms with van der Waals surface area (Å²) < 4.78 is 1.44. The number of hydrogen-bond donors (Lipinski definition) is 1. The Kier molecular flexibility index (Phi) is 5.21. The lowest BCUT2D eigenvalue weighted by atomic mass is 9.89. The van der Waals surface area contributed by atoms with Crippen molar-refractivity contribution in [2.45, 2.75) is 39.7 Å². The van der Waals surface area contributed by atoms with Crippen LogP contribution in [-0.2, 0) is 24.2 Å². The second kappa shape index (κ2) is 7.50. The molecule has 8 heteroatoms. The Balaban J connectivity index is 1.65. The van der Waals surface area contributed by atoms with Gasteiger partial charge in [-0.2, -0.15) is 0 Å². The van der Waals surface area contributed by atoms with E-state index >= 15 is 0 Å². The second-order valence-electron chi connectivity index (χ2n) is 7.26. The molecule has 5 nitrogen and oxygen atoms in total. The normalized spacial score (nSPS) is 16.2. The molecule has 2 heterocycles. The molecule has 0 radical (unpaired) electrons. The summed E-state index contributed by atoms with van der Waals surface area (Å²) >= 11 is 13.5. The standard InChI is InChI=1S/C20H19Cl2N3O2S/c1-10-3-5-13-16(7-10)28-19-18(13)20(27)25(11(2)23-19)9-17(26)24-12-4-6-14(21)15(22)8-12/h4,6,8,10H,3,5,7,9H2,1-2H3,(H,24,26). The number of carbonyl (C=O) groups excluding carboxylic acids is 1. The van der Waals surface area contributed by atoms with Gasteiger partial charge in [-0.15, -0.1) is 11.3 Å². The number of thiophene rings is 1. The van der Waals surface area contributed by atoms with Gasteiger partial charge in [0.15, 0.2) is 0 Å². The number of amides is 1. The first-order chi connectivity index (χ1) is 13.3. The number of nitrogens with one attached hydrogen (secondary N) is 1. The van der Waals surface area contributed by atoms with E-state index in [0.717, 1.165) is 29.7 Å². The number of aromatic nitrogens is 2. The van der Waals surface area contributed by atoms with E-state index in [9.17, 15) is 9.59 Å². The van der Waals surface area contributed by atoms with Gasteiger partial charge in [0.25, 0.3) is 5.56 Å². The van der Waals surface area contributed by atoms with Crippen LogP contribution in [0.3, 0.4) is 0 Å². The van der Waals surface area contributed by atoms with E-state index in [2.05, 4.69) is 17.2 Å². The van der Waals surface area contributed by atoms with Gasteiger partial charge in [0.05, 0.1) is 15.4 Å². The van der Waals surface area contributed by atoms with Crippen molar-refractivity contribution >= 4 is 56.3 Å². The molecule has 1 N–H and O–H groups in total. The minimum atomic E-state index is -0.317. The smallest absolute Gasteiger partial charge is 0.263 e. The minimum absolute atomic E-state index is 0.102. The predicted molar refractivity (Wildman–Crippen MR) is 115 cm³/mol. The van der Waals surface area contributed by atoms with Crippen LogP contribution in [0.4, 0.5) is 5.69 Å². The molecular weight excluding hydrogens is 417 g/mol. The van der Waals surface area contributed by atoms with E-state index in [0.29, 0.717) is 32.9 Å². The first-order valence-corrected chi connectivity index (χ1v) is 10.7. The lowest BCUT2D eigenvalue weighted by Crippen LogP contribution is -2.30. The van der Waals surface area contributed by atoms with Crippen LogP contribution in [0.15, 0.2) is 23.0 Å². The maximum absolute atomic E-state index is 13.2. The van der Waals surface area contributed by atoms with Crippen molar-refractivity contribution in [3.05, 3.63) is 54.9 Å². The number of rotatable bonds is 3. The molecule has 4 rings (SSSR count). The van der Waals surface area contributed by atoms with Crippen LogP contribution in [0.2, 0.25) is 10.0 Å². The van der Waals surface area contributed by atoms with Crippen LogP contribution in [-0.4, -0.2) is 15.5 Å². The van der Waals surface area contributed by atoms with E-state index in [-0.39, 0.29) is 18.0 Å². The fraction of sp³-hybridized carbons (Fsp3) is 0.350. The number of hydrogen-bond acceptors (Lipinski definition) is 4. The average molecular weight is 436 g/mol. The number of carbonyl (C=O) groups is 1. The van der Waals surface area contributed by atoms with Crippen molar-refractivity contribution in [3.63, 3.8) is 0 Å². The van der Waals surface area contributed by atoms with Gasteiger partial charge >= 0.3 is 0 Å². The molecule has 1 aromatic carbocycles. The van der Waals surface area contributed by atoms with Crippen LogP contribution < -0.4 is 10.9 Å². The molecule has 2 aromatic heterocycles. The third kappa shape index (κ3) is 3.56. The maximum Gasteiger partial charge on any atom is 0.263 e. The second-order valence-corrected chi connectivity index (χ2v) is 9.16. The minimum Gasteiger partial charge on any atom is -0.324 e. The molecule has 146 valence electrons. The first-order valence-electron chi connectivity index (χ1n) is 9.10. The summed E-state index contributed by atoms with van der Waals surface area (Å²) in [5.41, 5.74) is 1.51. The zero-order valence-corrected chi connectivity index (χ0v) is 17.8. The Morgan fingerprint density at radius 1 is 1.36 bits per heavy atom. The summed E-state index contributed by atoms with van der Waals surface area (Å²) in [5, 5.41) is 4.21. The summed E-state index contributed by atoms with van der Waals surface area (Å²) in [4.78, 5) is 32.3. The third-order valence-electron chi connectivity index (χ3n) is 5.11. The van der Waals surface area contributed by atoms with Crippen molar-refractivity contribution in [1.82, 2.24) is 9.55 Å². The highest BCUT2D eigenvalue weighted by Crippen LogP contribution is 2.35. The molecule has 1 aliphatic rings. The van der Waals surface area contributed by atoms with Crippen LogP contribution in [0.5, 0.6) is 0 Å². The molecule has 0 saturated carbocycles. The molecule has 0 aliphatic heterocycles. The van der Waals surface area contributed by atoms with E-state index in [1.54, 1.807) is 36.5 Å². The molecular formula is C20H19Cl2N3O2S. The summed E-state index contributed by atoms with van der Waals surface area (Å²) in [5.74, 6) is 0.844. The number of benzene rings is 1. The number of nitrogens with zero attached hydrogens (tertiary/aromatic N) is 2. The molecule has 1 aliphatic carbocycles. The lowest BCUT2D eigenvalue weighted by Gasteiger charge is -2.17. The van der Waals surface area contributed by atoms with Crippen LogP contribution in [0.25, 0.3) is 10.2 Å². The van der Waals surface area contributed by atoms with Crippen molar-refractivity contribution < 1.29 is 4.79 Å². The molecule has 1 amide bonds. The van der Waals surface area contributed by atoms with Crippen LogP contribution in [0.1, 0.15) is 29.6 Å². The summed E-state index contributed by atoms with van der Waals surface area (Å²) in [6.45, 7) is 3.89. The Bertz CT molecular complexity index is 1150. The quantitative estimate of drug-likeness (QED) is 0.639. The van der Waals surface area contributed by atoms with E-state index in [1.165, 1.54) is 9.44 Å². The van der Waals surface area contributed by atoms with Crippen molar-refractivity contribution in [2.75, 3.05) is 5.32 Å². The molecule has 1 unspecified atom stereocenters. The van der Waals surface area contributed by atoms with Gasteiger partial charge in [-0.05, 0) is 55.9 Å². The average Bonchev–Trinajstić information content (AvgIpc) is 2.98.